The summed E-state index contributed by atoms with van der Waals surface area (Å²) in [7, 11) is 0. The monoisotopic (exact) mass is 666 g/mol. The van der Waals surface area contributed by atoms with Gasteiger partial charge in [-0.25, -0.2) is 4.79 Å². The second-order valence-electron chi connectivity index (χ2n) is 11.9. The summed E-state index contributed by atoms with van der Waals surface area (Å²) in [5.41, 5.74) is 13.0. The van der Waals surface area contributed by atoms with E-state index in [2.05, 4.69) is 70.5 Å². The van der Waals surface area contributed by atoms with Gasteiger partial charge in [0.25, 0.3) is 0 Å². The molecule has 1 unspecified atom stereocenters. The molecule has 2 heterocycles. The summed E-state index contributed by atoms with van der Waals surface area (Å²) in [6.45, 7) is 0.537. The third kappa shape index (κ3) is 5.07. The minimum atomic E-state index is -0.540. The summed E-state index contributed by atoms with van der Waals surface area (Å²) < 4.78 is 8.87. The molecule has 2 N–H and O–H groups in total. The molecule has 0 bridgehead atoms. The lowest BCUT2D eigenvalue weighted by Crippen LogP contribution is -2.31. The molecule has 6 nitrogen and oxygen atoms in total. The normalized spacial score (nSPS) is 14.4. The number of aryl methyl sites for hydroxylation is 1. The number of halogens is 1. The molecule has 7 aromatic rings. The average Bonchev–Trinajstić information content (AvgIpc) is 3.70. The molecule has 0 fully saturated rings. The molecule has 0 radical (unpaired) electrons. The Bertz CT molecular complexity index is 2220. The van der Waals surface area contributed by atoms with Crippen LogP contribution in [0.25, 0.3) is 32.8 Å². The van der Waals surface area contributed by atoms with Gasteiger partial charge in [-0.3, -0.25) is 9.58 Å². The second-order valence-corrected chi connectivity index (χ2v) is 12.8. The smallest absolute Gasteiger partial charge is 0.323 e. The van der Waals surface area contributed by atoms with Gasteiger partial charge < -0.3 is 10.2 Å². The van der Waals surface area contributed by atoms with Gasteiger partial charge in [-0.1, -0.05) is 78.9 Å². The molecule has 2 amide bonds. The first-order chi connectivity index (χ1) is 22.5. The summed E-state index contributed by atoms with van der Waals surface area (Å²) in [5, 5.41) is 10.2. The molecular formula is C39H31BrN4O2. The fraction of sp³-hybridized carbons (Fsp3) is 0.128. The van der Waals surface area contributed by atoms with E-state index in [4.69, 9.17) is 15.2 Å². The maximum absolute atomic E-state index is 12.3. The number of hydrogen-bond acceptors (Lipinski definition) is 3. The van der Waals surface area contributed by atoms with Gasteiger partial charge in [-0.05, 0) is 110 Å². The van der Waals surface area contributed by atoms with Crippen LogP contribution in [0.2, 0.25) is 0 Å². The van der Waals surface area contributed by atoms with Gasteiger partial charge in [0.15, 0.2) is 0 Å². The molecule has 0 aliphatic heterocycles. The highest BCUT2D eigenvalue weighted by atomic mass is 79.9. The van der Waals surface area contributed by atoms with Crippen molar-refractivity contribution >= 4 is 54.9 Å². The maximum Gasteiger partial charge on any atom is 0.323 e. The molecule has 1 aliphatic carbocycles. The fourth-order valence-corrected chi connectivity index (χ4v) is 7.59. The second kappa shape index (κ2) is 11.7. The molecule has 8 rings (SSSR count). The van der Waals surface area contributed by atoms with Crippen molar-refractivity contribution in [3.63, 3.8) is 0 Å². The number of hydrogen-bond donors (Lipinski definition) is 1. The standard InChI is InChI=1S/C39H31BrN4O2/c40-36-23-43(42-38(36)26-10-15-30(16-11-26)44(39(41)45)29-7-2-1-3-8-29)24-37-33(20-21-46-37)28-13-17-32-27(22-28)14-19-34-31-9-5-4-6-25(31)12-18-35(32)34/h1-12,14-16,18-21,23,28H,13,17,22,24H2,(H2,41,45). The summed E-state index contributed by atoms with van der Waals surface area (Å²) in [4.78, 5) is 13.8. The van der Waals surface area contributed by atoms with Crippen molar-refractivity contribution in [1.29, 1.82) is 0 Å². The lowest BCUT2D eigenvalue weighted by molar-refractivity contribution is 0.256. The largest absolute Gasteiger partial charge is 0.467 e. The number of rotatable bonds is 6. The lowest BCUT2D eigenvalue weighted by Gasteiger charge is -2.26. The van der Waals surface area contributed by atoms with Crippen LogP contribution in [0.4, 0.5) is 16.2 Å². The Hall–Kier alpha value is -5.14. The van der Waals surface area contributed by atoms with Crippen LogP contribution < -0.4 is 10.6 Å². The molecular weight excluding hydrogens is 636 g/mol. The third-order valence-corrected chi connectivity index (χ3v) is 9.80. The number of nitrogens with two attached hydrogens (primary N) is 1. The zero-order chi connectivity index (χ0) is 31.2. The number of primary amides is 1. The van der Waals surface area contributed by atoms with E-state index in [1.54, 1.807) is 0 Å². The van der Waals surface area contributed by atoms with Gasteiger partial charge in [-0.2, -0.15) is 5.10 Å². The zero-order valence-electron chi connectivity index (χ0n) is 25.1. The molecule has 226 valence electrons. The number of amides is 2. The van der Waals surface area contributed by atoms with Crippen LogP contribution in [0.3, 0.4) is 0 Å². The minimum absolute atomic E-state index is 0.392. The van der Waals surface area contributed by atoms with Crippen molar-refractivity contribution in [3.05, 3.63) is 149 Å². The van der Waals surface area contributed by atoms with Crippen molar-refractivity contribution < 1.29 is 9.21 Å². The number of nitrogens with zero attached hydrogens (tertiary/aromatic N) is 3. The molecule has 7 heteroatoms. The molecule has 1 aliphatic rings. The quantitative estimate of drug-likeness (QED) is 0.180. The number of furan rings is 1. The molecule has 0 saturated heterocycles. The van der Waals surface area contributed by atoms with Crippen LogP contribution in [0, 0.1) is 0 Å². The van der Waals surface area contributed by atoms with Crippen molar-refractivity contribution in [2.75, 3.05) is 4.90 Å². The van der Waals surface area contributed by atoms with Crippen molar-refractivity contribution in [1.82, 2.24) is 9.78 Å². The summed E-state index contributed by atoms with van der Waals surface area (Å²) in [5.74, 6) is 1.33. The first-order valence-electron chi connectivity index (χ1n) is 15.5. The Balaban J connectivity index is 1.02. The van der Waals surface area contributed by atoms with Crippen molar-refractivity contribution in [2.24, 2.45) is 5.73 Å². The van der Waals surface area contributed by atoms with Gasteiger partial charge >= 0.3 is 6.03 Å². The Morgan fingerprint density at radius 3 is 2.46 bits per heavy atom. The van der Waals surface area contributed by atoms with E-state index in [1.807, 2.05) is 71.7 Å². The maximum atomic E-state index is 12.3. The number of carbonyl (C=O) groups excluding carboxylic acids is 1. The number of anilines is 2. The van der Waals surface area contributed by atoms with Crippen LogP contribution in [-0.2, 0) is 19.4 Å². The number of benzene rings is 5. The number of urea groups is 1. The van der Waals surface area contributed by atoms with E-state index in [0.717, 1.165) is 40.8 Å². The van der Waals surface area contributed by atoms with Crippen molar-refractivity contribution in [3.8, 4) is 11.3 Å². The average molecular weight is 668 g/mol. The zero-order valence-corrected chi connectivity index (χ0v) is 26.7. The number of para-hydroxylation sites is 1. The Morgan fingerprint density at radius 1 is 0.870 bits per heavy atom. The fourth-order valence-electron chi connectivity index (χ4n) is 7.05. The summed E-state index contributed by atoms with van der Waals surface area (Å²) >= 11 is 3.71. The predicted octanol–water partition coefficient (Wildman–Crippen LogP) is 9.75. The Labute approximate surface area is 275 Å². The van der Waals surface area contributed by atoms with Crippen LogP contribution in [0.15, 0.2) is 131 Å². The molecule has 0 saturated carbocycles. The Kier molecular flexibility index (Phi) is 7.18. The topological polar surface area (TPSA) is 77.3 Å². The van der Waals surface area contributed by atoms with E-state index < -0.39 is 6.03 Å². The van der Waals surface area contributed by atoms with E-state index >= 15 is 0 Å². The Morgan fingerprint density at radius 2 is 1.63 bits per heavy atom. The van der Waals surface area contributed by atoms with Gasteiger partial charge in [0.1, 0.15) is 11.5 Å². The van der Waals surface area contributed by atoms with E-state index in [9.17, 15) is 4.79 Å². The SMILES string of the molecule is NC(=O)N(c1ccccc1)c1ccc(-c2nn(Cc3occc3C3CCc4c(ccc5c4ccc4ccccc45)C3)cc2Br)cc1. The lowest BCUT2D eigenvalue weighted by atomic mass is 9.78. The summed E-state index contributed by atoms with van der Waals surface area (Å²) in [6.07, 6.45) is 6.92. The highest BCUT2D eigenvalue weighted by Crippen LogP contribution is 2.40. The number of aromatic nitrogens is 2. The van der Waals surface area contributed by atoms with Gasteiger partial charge in [0.2, 0.25) is 0 Å². The predicted molar refractivity (Wildman–Crippen MR) is 188 cm³/mol. The van der Waals surface area contributed by atoms with Crippen LogP contribution in [-0.4, -0.2) is 15.8 Å². The number of carbonyl (C=O) groups is 1. The highest BCUT2D eigenvalue weighted by Gasteiger charge is 2.26. The van der Waals surface area contributed by atoms with Crippen molar-refractivity contribution in [2.45, 2.75) is 31.7 Å². The molecule has 46 heavy (non-hydrogen) atoms. The molecule has 5 aromatic carbocycles. The molecule has 1 atom stereocenters. The molecule has 2 aromatic heterocycles. The third-order valence-electron chi connectivity index (χ3n) is 9.22. The van der Waals surface area contributed by atoms with E-state index in [-0.39, 0.29) is 0 Å². The minimum Gasteiger partial charge on any atom is -0.467 e. The first kappa shape index (κ1) is 28.3. The number of fused-ring (bicyclic) bond motifs is 5. The molecule has 0 spiro atoms. The van der Waals surface area contributed by atoms with Gasteiger partial charge in [-0.15, -0.1) is 0 Å². The van der Waals surface area contributed by atoms with Gasteiger partial charge in [0.05, 0.1) is 28.7 Å². The van der Waals surface area contributed by atoms with Crippen LogP contribution in [0.5, 0.6) is 0 Å². The van der Waals surface area contributed by atoms with E-state index in [1.165, 1.54) is 43.1 Å². The first-order valence-corrected chi connectivity index (χ1v) is 16.3. The van der Waals surface area contributed by atoms with E-state index in [0.29, 0.717) is 23.8 Å². The van der Waals surface area contributed by atoms with Gasteiger partial charge in [0, 0.05) is 11.8 Å². The van der Waals surface area contributed by atoms with Crippen LogP contribution in [0.1, 0.15) is 34.8 Å². The summed E-state index contributed by atoms with van der Waals surface area (Å²) in [6, 6.07) is 36.5. The highest BCUT2D eigenvalue weighted by molar-refractivity contribution is 9.10. The van der Waals surface area contributed by atoms with Crippen LogP contribution >= 0.6 is 15.9 Å².